The predicted molar refractivity (Wildman–Crippen MR) is 111 cm³/mol. The summed E-state index contributed by atoms with van der Waals surface area (Å²) in [6, 6.07) is 6.69. The zero-order valence-corrected chi connectivity index (χ0v) is 19.9. The smallest absolute Gasteiger partial charge is 0.309 e. The van der Waals surface area contributed by atoms with Crippen LogP contribution in [0.3, 0.4) is 0 Å². The SMILES string of the molecule is CC[Si](CC)(CC)O[C@H]1CCC[C@@]12OC(=O)C[C@@H]2O[Si](CC)(CC)CC. The number of hydrogen-bond acceptors (Lipinski definition) is 4. The fourth-order valence-corrected chi connectivity index (χ4v) is 10.8. The minimum absolute atomic E-state index is 0.0303. The van der Waals surface area contributed by atoms with Crippen molar-refractivity contribution in [1.82, 2.24) is 0 Å². The summed E-state index contributed by atoms with van der Waals surface area (Å²) in [5.41, 5.74) is -0.521. The van der Waals surface area contributed by atoms with Crippen LogP contribution in [-0.2, 0) is 18.4 Å². The van der Waals surface area contributed by atoms with Crippen LogP contribution in [0.1, 0.15) is 67.2 Å². The zero-order chi connectivity index (χ0) is 19.4. The van der Waals surface area contributed by atoms with Crippen LogP contribution in [0.4, 0.5) is 0 Å². The summed E-state index contributed by atoms with van der Waals surface area (Å²) in [5.74, 6) is -0.0894. The van der Waals surface area contributed by atoms with Crippen molar-refractivity contribution in [3.8, 4) is 0 Å². The van der Waals surface area contributed by atoms with Gasteiger partial charge in [0, 0.05) is 0 Å². The average molecular weight is 401 g/mol. The van der Waals surface area contributed by atoms with E-state index in [4.69, 9.17) is 13.6 Å². The highest BCUT2D eigenvalue weighted by atomic mass is 28.4. The molecule has 1 aliphatic heterocycles. The van der Waals surface area contributed by atoms with E-state index in [9.17, 15) is 4.79 Å². The molecule has 0 aromatic heterocycles. The number of rotatable bonds is 10. The van der Waals surface area contributed by atoms with Crippen molar-refractivity contribution in [3.05, 3.63) is 0 Å². The Morgan fingerprint density at radius 3 is 1.81 bits per heavy atom. The Balaban J connectivity index is 2.29. The molecule has 2 aliphatic rings. The lowest BCUT2D eigenvalue weighted by molar-refractivity contribution is -0.159. The van der Waals surface area contributed by atoms with Gasteiger partial charge in [0.15, 0.2) is 22.2 Å². The lowest BCUT2D eigenvalue weighted by atomic mass is 9.93. The second-order valence-corrected chi connectivity index (χ2v) is 17.7. The number of carbonyl (C=O) groups is 1. The van der Waals surface area contributed by atoms with Gasteiger partial charge in [-0.3, -0.25) is 4.79 Å². The molecule has 26 heavy (non-hydrogen) atoms. The molecule has 0 N–H and O–H groups in total. The van der Waals surface area contributed by atoms with E-state index < -0.39 is 22.2 Å². The Morgan fingerprint density at radius 2 is 1.35 bits per heavy atom. The molecule has 1 heterocycles. The zero-order valence-electron chi connectivity index (χ0n) is 17.9. The minimum atomic E-state index is -1.80. The van der Waals surface area contributed by atoms with Gasteiger partial charge >= 0.3 is 5.97 Å². The minimum Gasteiger partial charge on any atom is -0.454 e. The Bertz CT molecular complexity index is 460. The molecular formula is C20H40O4Si2. The van der Waals surface area contributed by atoms with Crippen molar-refractivity contribution >= 4 is 22.6 Å². The Hall–Kier alpha value is -0.176. The topological polar surface area (TPSA) is 44.8 Å². The summed E-state index contributed by atoms with van der Waals surface area (Å²) < 4.78 is 19.8. The van der Waals surface area contributed by atoms with E-state index in [1.165, 1.54) is 0 Å². The maximum absolute atomic E-state index is 12.4. The quantitative estimate of drug-likeness (QED) is 0.352. The van der Waals surface area contributed by atoms with Gasteiger partial charge in [0.05, 0.1) is 18.6 Å². The molecule has 0 aromatic carbocycles. The second kappa shape index (κ2) is 8.88. The van der Waals surface area contributed by atoms with E-state index >= 15 is 0 Å². The van der Waals surface area contributed by atoms with Crippen LogP contribution in [0.15, 0.2) is 0 Å². The molecule has 1 saturated carbocycles. The van der Waals surface area contributed by atoms with Crippen LogP contribution in [0.2, 0.25) is 36.3 Å². The molecule has 4 nitrogen and oxygen atoms in total. The molecule has 6 heteroatoms. The van der Waals surface area contributed by atoms with Gasteiger partial charge in [-0.25, -0.2) is 0 Å². The number of esters is 1. The first-order valence-electron chi connectivity index (χ1n) is 11.0. The third-order valence-electron chi connectivity index (χ3n) is 7.43. The van der Waals surface area contributed by atoms with Crippen LogP contribution in [0.25, 0.3) is 0 Å². The van der Waals surface area contributed by atoms with Gasteiger partial charge in [0.25, 0.3) is 0 Å². The van der Waals surface area contributed by atoms with Gasteiger partial charge in [-0.1, -0.05) is 41.5 Å². The van der Waals surface area contributed by atoms with Gasteiger partial charge in [-0.05, 0) is 55.5 Å². The Morgan fingerprint density at radius 1 is 0.885 bits per heavy atom. The molecule has 0 aromatic rings. The molecule has 152 valence electrons. The van der Waals surface area contributed by atoms with Crippen LogP contribution < -0.4 is 0 Å². The molecule has 1 aliphatic carbocycles. The molecular weight excluding hydrogens is 360 g/mol. The van der Waals surface area contributed by atoms with E-state index in [-0.39, 0.29) is 18.2 Å². The van der Waals surface area contributed by atoms with E-state index in [0.29, 0.717) is 6.42 Å². The van der Waals surface area contributed by atoms with Crippen LogP contribution in [0.5, 0.6) is 0 Å². The van der Waals surface area contributed by atoms with Gasteiger partial charge in [0.1, 0.15) is 0 Å². The number of ether oxygens (including phenoxy) is 1. The maximum atomic E-state index is 12.4. The van der Waals surface area contributed by atoms with Gasteiger partial charge < -0.3 is 13.6 Å². The van der Waals surface area contributed by atoms with Gasteiger partial charge in [-0.15, -0.1) is 0 Å². The van der Waals surface area contributed by atoms with Crippen molar-refractivity contribution in [2.45, 2.75) is 121 Å². The summed E-state index contributed by atoms with van der Waals surface area (Å²) in [5, 5.41) is 0. The lowest BCUT2D eigenvalue weighted by Gasteiger charge is -2.43. The van der Waals surface area contributed by atoms with E-state index in [1.807, 2.05) is 0 Å². The van der Waals surface area contributed by atoms with Crippen molar-refractivity contribution in [1.29, 1.82) is 0 Å². The van der Waals surface area contributed by atoms with Crippen molar-refractivity contribution in [2.75, 3.05) is 0 Å². The Kier molecular flexibility index (Phi) is 7.56. The average Bonchev–Trinajstić information content (AvgIpc) is 3.20. The molecule has 1 saturated heterocycles. The van der Waals surface area contributed by atoms with Crippen LogP contribution in [0, 0.1) is 0 Å². The van der Waals surface area contributed by atoms with Crippen LogP contribution >= 0.6 is 0 Å². The highest BCUT2D eigenvalue weighted by Crippen LogP contribution is 2.48. The molecule has 0 bridgehead atoms. The van der Waals surface area contributed by atoms with Crippen molar-refractivity contribution in [3.63, 3.8) is 0 Å². The highest BCUT2D eigenvalue weighted by Gasteiger charge is 2.60. The first-order valence-corrected chi connectivity index (χ1v) is 16.0. The fraction of sp³-hybridized carbons (Fsp3) is 0.950. The van der Waals surface area contributed by atoms with Gasteiger partial charge in [0.2, 0.25) is 0 Å². The number of hydrogen-bond donors (Lipinski definition) is 0. The molecule has 0 amide bonds. The highest BCUT2D eigenvalue weighted by molar-refractivity contribution is 6.74. The predicted octanol–water partition coefficient (Wildman–Crippen LogP) is 5.64. The molecule has 0 unspecified atom stereocenters. The molecule has 0 radical (unpaired) electrons. The van der Waals surface area contributed by atoms with E-state index in [0.717, 1.165) is 55.5 Å². The maximum Gasteiger partial charge on any atom is 0.309 e. The molecule has 1 spiro atoms. The number of carbonyl (C=O) groups excluding carboxylic acids is 1. The molecule has 2 fully saturated rings. The van der Waals surface area contributed by atoms with E-state index in [2.05, 4.69) is 41.5 Å². The molecule has 3 atom stereocenters. The second-order valence-electron chi connectivity index (χ2n) is 8.23. The third-order valence-corrected chi connectivity index (χ3v) is 16.7. The molecule has 2 rings (SSSR count). The summed E-state index contributed by atoms with van der Waals surface area (Å²) >= 11 is 0. The van der Waals surface area contributed by atoms with Crippen molar-refractivity contribution < 1.29 is 18.4 Å². The largest absolute Gasteiger partial charge is 0.454 e. The summed E-state index contributed by atoms with van der Waals surface area (Å²) in [6.07, 6.45) is 3.30. The fourth-order valence-electron chi connectivity index (χ4n) is 5.00. The Labute approximate surface area is 162 Å². The first-order chi connectivity index (χ1) is 12.4. The van der Waals surface area contributed by atoms with Crippen molar-refractivity contribution in [2.24, 2.45) is 0 Å². The lowest BCUT2D eigenvalue weighted by Crippen LogP contribution is -2.56. The standard InChI is InChI=1S/C20H40O4Si2/c1-7-25(8-2,9-3)23-17-14-13-15-20(17)18(16-19(21)22-20)24-26(10-4,11-5)12-6/h17-18H,7-16H2,1-6H3/t17-,18-,20+/m0/s1. The van der Waals surface area contributed by atoms with Gasteiger partial charge in [-0.2, -0.15) is 0 Å². The normalized spacial score (nSPS) is 29.5. The van der Waals surface area contributed by atoms with E-state index in [1.54, 1.807) is 0 Å². The summed E-state index contributed by atoms with van der Waals surface area (Å²) in [7, 11) is -3.54. The third kappa shape index (κ3) is 3.98. The first kappa shape index (κ1) is 22.1. The monoisotopic (exact) mass is 400 g/mol. The summed E-state index contributed by atoms with van der Waals surface area (Å²) in [4.78, 5) is 12.4. The van der Waals surface area contributed by atoms with Crippen LogP contribution in [-0.4, -0.2) is 40.4 Å². The summed E-state index contributed by atoms with van der Waals surface area (Å²) in [6.45, 7) is 13.5.